The zero-order chi connectivity index (χ0) is 18.7. The van der Waals surface area contributed by atoms with Gasteiger partial charge in [0.2, 0.25) is 0 Å². The molecule has 0 radical (unpaired) electrons. The fourth-order valence-corrected chi connectivity index (χ4v) is 2.11. The molecule has 0 aliphatic carbocycles. The Bertz CT molecular complexity index is 917. The van der Waals surface area contributed by atoms with Crippen LogP contribution in [0.2, 0.25) is 10.3 Å². The van der Waals surface area contributed by atoms with Crippen LogP contribution in [0.5, 0.6) is 0 Å². The highest BCUT2D eigenvalue weighted by Crippen LogP contribution is 2.27. The number of hydrogen-bond donors (Lipinski definition) is 2. The van der Waals surface area contributed by atoms with Crippen molar-refractivity contribution in [1.29, 1.82) is 0 Å². The molecule has 25 heavy (non-hydrogen) atoms. The molecule has 1 heterocycles. The molecule has 0 spiro atoms. The highest BCUT2D eigenvalue weighted by atomic mass is 35.5. The molecular weight excluding hydrogens is 384 g/mol. The molecule has 1 aromatic carbocycles. The number of aromatic nitrogens is 1. The summed E-state index contributed by atoms with van der Waals surface area (Å²) in [6.07, 6.45) is 0.608. The average Bonchev–Trinajstić information content (AvgIpc) is 2.52. The Balaban J connectivity index is 2.53. The largest absolute Gasteiger partial charge is 0.506 e. The molecule has 2 aromatic rings. The molecule has 0 unspecified atom stereocenters. The standard InChI is InChI=1S/C15H7Cl2F3N2O3/c16-13-7(4-10(20)14(17)22-13)12(23)8(15(24)25)5-21-11-2-1-6(18)3-9(11)19/h1-5,23H,(H,24,25). The summed E-state index contributed by atoms with van der Waals surface area (Å²) in [4.78, 5) is 18.2. The highest BCUT2D eigenvalue weighted by Gasteiger charge is 2.19. The molecule has 0 atom stereocenters. The van der Waals surface area contributed by atoms with Gasteiger partial charge < -0.3 is 10.2 Å². The van der Waals surface area contributed by atoms with E-state index in [1.807, 2.05) is 0 Å². The van der Waals surface area contributed by atoms with Crippen LogP contribution in [0, 0.1) is 17.5 Å². The van der Waals surface area contributed by atoms with E-state index in [4.69, 9.17) is 28.3 Å². The van der Waals surface area contributed by atoms with Crippen molar-refractivity contribution >= 4 is 46.8 Å². The first-order valence-corrected chi connectivity index (χ1v) is 7.14. The smallest absolute Gasteiger partial charge is 0.341 e. The maximum atomic E-state index is 13.5. The molecule has 5 nitrogen and oxygen atoms in total. The van der Waals surface area contributed by atoms with Crippen LogP contribution in [0.4, 0.5) is 18.9 Å². The number of benzene rings is 1. The molecular formula is C15H7Cl2F3N2O3. The number of aliphatic imine (C=N–C) groups is 1. The molecule has 0 saturated carbocycles. The summed E-state index contributed by atoms with van der Waals surface area (Å²) in [6.45, 7) is 0. The number of hydrogen-bond acceptors (Lipinski definition) is 4. The first kappa shape index (κ1) is 18.8. The number of pyridine rings is 1. The van der Waals surface area contributed by atoms with Crippen molar-refractivity contribution in [2.24, 2.45) is 4.99 Å². The van der Waals surface area contributed by atoms with Gasteiger partial charge in [0, 0.05) is 12.3 Å². The van der Waals surface area contributed by atoms with Gasteiger partial charge in [0.25, 0.3) is 0 Å². The van der Waals surface area contributed by atoms with E-state index in [2.05, 4.69) is 9.98 Å². The van der Waals surface area contributed by atoms with E-state index >= 15 is 0 Å². The van der Waals surface area contributed by atoms with Crippen LogP contribution in [0.25, 0.3) is 5.76 Å². The highest BCUT2D eigenvalue weighted by molar-refractivity contribution is 6.33. The molecule has 1 aromatic heterocycles. The number of carboxylic acid groups (broad SMARTS) is 1. The van der Waals surface area contributed by atoms with Gasteiger partial charge >= 0.3 is 5.97 Å². The number of nitrogens with zero attached hydrogens (tertiary/aromatic N) is 2. The minimum Gasteiger partial charge on any atom is -0.506 e. The topological polar surface area (TPSA) is 82.8 Å². The lowest BCUT2D eigenvalue weighted by molar-refractivity contribution is -0.132. The van der Waals surface area contributed by atoms with E-state index in [9.17, 15) is 23.1 Å². The van der Waals surface area contributed by atoms with Crippen LogP contribution in [-0.4, -0.2) is 27.4 Å². The first-order chi connectivity index (χ1) is 11.7. The van der Waals surface area contributed by atoms with E-state index in [0.717, 1.165) is 12.1 Å². The van der Waals surface area contributed by atoms with Crippen LogP contribution >= 0.6 is 23.2 Å². The van der Waals surface area contributed by atoms with E-state index in [0.29, 0.717) is 18.3 Å². The molecule has 0 bridgehead atoms. The molecule has 130 valence electrons. The van der Waals surface area contributed by atoms with Crippen molar-refractivity contribution in [2.75, 3.05) is 0 Å². The van der Waals surface area contributed by atoms with Crippen LogP contribution in [0.1, 0.15) is 5.56 Å². The maximum absolute atomic E-state index is 13.5. The third kappa shape index (κ3) is 4.28. The molecule has 0 fully saturated rings. The number of aliphatic hydroxyl groups excluding tert-OH is 1. The van der Waals surface area contributed by atoms with Gasteiger partial charge in [-0.25, -0.2) is 22.9 Å². The number of carboxylic acids is 1. The number of halogens is 5. The van der Waals surface area contributed by atoms with Gasteiger partial charge in [-0.1, -0.05) is 23.2 Å². The summed E-state index contributed by atoms with van der Waals surface area (Å²) in [5.74, 6) is -5.55. The minimum atomic E-state index is -1.66. The predicted molar refractivity (Wildman–Crippen MR) is 85.9 cm³/mol. The van der Waals surface area contributed by atoms with E-state index in [1.54, 1.807) is 0 Å². The lowest BCUT2D eigenvalue weighted by Crippen LogP contribution is -2.07. The van der Waals surface area contributed by atoms with Crippen molar-refractivity contribution in [3.8, 4) is 0 Å². The predicted octanol–water partition coefficient (Wildman–Crippen LogP) is 4.56. The van der Waals surface area contributed by atoms with E-state index in [1.165, 1.54) is 0 Å². The molecule has 2 N–H and O–H groups in total. The third-order valence-electron chi connectivity index (χ3n) is 2.87. The summed E-state index contributed by atoms with van der Waals surface area (Å²) in [5.41, 5.74) is -1.65. The van der Waals surface area contributed by atoms with Crippen LogP contribution < -0.4 is 0 Å². The number of rotatable bonds is 4. The fraction of sp³-hybridized carbons (Fsp3) is 0. The van der Waals surface area contributed by atoms with Crippen molar-refractivity contribution < 1.29 is 28.2 Å². The normalized spacial score (nSPS) is 12.4. The van der Waals surface area contributed by atoms with Gasteiger partial charge in [0.1, 0.15) is 22.3 Å². The summed E-state index contributed by atoms with van der Waals surface area (Å²) < 4.78 is 39.8. The van der Waals surface area contributed by atoms with Crippen LogP contribution in [0.3, 0.4) is 0 Å². The van der Waals surface area contributed by atoms with Gasteiger partial charge in [-0.2, -0.15) is 0 Å². The fourth-order valence-electron chi connectivity index (χ4n) is 1.69. The third-order valence-corrected chi connectivity index (χ3v) is 3.42. The van der Waals surface area contributed by atoms with Gasteiger partial charge in [-0.05, 0) is 18.2 Å². The van der Waals surface area contributed by atoms with Crippen LogP contribution in [-0.2, 0) is 4.79 Å². The second-order valence-electron chi connectivity index (χ2n) is 4.52. The SMILES string of the molecule is O=C(O)C(C=Nc1ccc(F)cc1F)=C(O)c1cc(F)c(Cl)nc1Cl. The maximum Gasteiger partial charge on any atom is 0.341 e. The molecule has 0 aliphatic rings. The summed E-state index contributed by atoms with van der Waals surface area (Å²) in [6, 6.07) is 3.11. The Labute approximate surface area is 148 Å². The zero-order valence-electron chi connectivity index (χ0n) is 12.0. The summed E-state index contributed by atoms with van der Waals surface area (Å²) >= 11 is 11.1. The lowest BCUT2D eigenvalue weighted by Gasteiger charge is -2.06. The van der Waals surface area contributed by atoms with Crippen molar-refractivity contribution in [3.05, 3.63) is 63.2 Å². The van der Waals surface area contributed by atoms with Crippen LogP contribution in [0.15, 0.2) is 34.8 Å². The van der Waals surface area contributed by atoms with Crippen molar-refractivity contribution in [3.63, 3.8) is 0 Å². The van der Waals surface area contributed by atoms with Gasteiger partial charge in [-0.3, -0.25) is 4.99 Å². The minimum absolute atomic E-state index is 0.376. The zero-order valence-corrected chi connectivity index (χ0v) is 13.5. The number of carbonyl (C=O) groups is 1. The van der Waals surface area contributed by atoms with Gasteiger partial charge in [-0.15, -0.1) is 0 Å². The number of aliphatic carboxylic acids is 1. The number of aliphatic hydroxyl groups is 1. The molecule has 0 aliphatic heterocycles. The Morgan fingerprint density at radius 1 is 1.08 bits per heavy atom. The van der Waals surface area contributed by atoms with Crippen molar-refractivity contribution in [2.45, 2.75) is 0 Å². The average molecular weight is 391 g/mol. The van der Waals surface area contributed by atoms with Crippen molar-refractivity contribution in [1.82, 2.24) is 4.98 Å². The van der Waals surface area contributed by atoms with Gasteiger partial charge in [0.05, 0.1) is 11.3 Å². The van der Waals surface area contributed by atoms with E-state index in [-0.39, 0.29) is 5.69 Å². The molecule has 2 rings (SSSR count). The molecule has 0 amide bonds. The second kappa shape index (κ2) is 7.54. The summed E-state index contributed by atoms with van der Waals surface area (Å²) in [5, 5.41) is 18.2. The molecule has 10 heteroatoms. The monoisotopic (exact) mass is 390 g/mol. The summed E-state index contributed by atoms with van der Waals surface area (Å²) in [7, 11) is 0. The first-order valence-electron chi connectivity index (χ1n) is 6.38. The Morgan fingerprint density at radius 2 is 1.76 bits per heavy atom. The Morgan fingerprint density at radius 3 is 2.36 bits per heavy atom. The Kier molecular flexibility index (Phi) is 5.66. The Hall–Kier alpha value is -2.58. The van der Waals surface area contributed by atoms with Gasteiger partial charge in [0.15, 0.2) is 16.8 Å². The molecule has 0 saturated heterocycles. The second-order valence-corrected chi connectivity index (χ2v) is 5.24. The lowest BCUT2D eigenvalue weighted by atomic mass is 10.1. The van der Waals surface area contributed by atoms with E-state index < -0.39 is 50.6 Å². The quantitative estimate of drug-likeness (QED) is 0.347.